The maximum absolute atomic E-state index is 12.7. The summed E-state index contributed by atoms with van der Waals surface area (Å²) >= 11 is 0. The van der Waals surface area contributed by atoms with Crippen LogP contribution in [0.5, 0.6) is 0 Å². The Morgan fingerprint density at radius 3 is 2.65 bits per heavy atom. The molecule has 1 aromatic rings. The van der Waals surface area contributed by atoms with Crippen LogP contribution in [0.15, 0.2) is 4.52 Å². The van der Waals surface area contributed by atoms with Gasteiger partial charge in [-0.25, -0.2) is 8.42 Å². The van der Waals surface area contributed by atoms with Crippen molar-refractivity contribution < 1.29 is 22.5 Å². The average Bonchev–Trinajstić information content (AvgIpc) is 2.82. The van der Waals surface area contributed by atoms with Crippen molar-refractivity contribution in [2.45, 2.75) is 25.4 Å². The van der Waals surface area contributed by atoms with Crippen LogP contribution in [0.4, 0.5) is 0 Å². The molecule has 1 aromatic heterocycles. The Hall–Kier alpha value is -1.52. The van der Waals surface area contributed by atoms with Crippen molar-refractivity contribution in [3.63, 3.8) is 0 Å². The van der Waals surface area contributed by atoms with Gasteiger partial charge in [-0.15, -0.1) is 0 Å². The van der Waals surface area contributed by atoms with Crippen LogP contribution in [-0.2, 0) is 19.6 Å². The number of morpholine rings is 1. The van der Waals surface area contributed by atoms with E-state index in [1.165, 1.54) is 4.31 Å². The van der Waals surface area contributed by atoms with Crippen LogP contribution in [0.25, 0.3) is 0 Å². The van der Waals surface area contributed by atoms with E-state index in [4.69, 9.17) is 9.26 Å². The summed E-state index contributed by atoms with van der Waals surface area (Å²) < 4.78 is 35.4. The molecule has 0 aromatic carbocycles. The number of ether oxygens (including phenoxy) is 1. The van der Waals surface area contributed by atoms with Crippen LogP contribution in [0.1, 0.15) is 24.6 Å². The third-order valence-electron chi connectivity index (χ3n) is 4.22. The third-order valence-corrected chi connectivity index (χ3v) is 5.47. The summed E-state index contributed by atoms with van der Waals surface area (Å²) in [6.45, 7) is 4.82. The Labute approximate surface area is 134 Å². The maximum atomic E-state index is 12.7. The smallest absolute Gasteiger partial charge is 0.255 e. The average molecular weight is 344 g/mol. The van der Waals surface area contributed by atoms with Crippen molar-refractivity contribution in [3.05, 3.63) is 11.7 Å². The number of carbonyl (C=O) groups excluding carboxylic acids is 1. The van der Waals surface area contributed by atoms with Gasteiger partial charge in [-0.3, -0.25) is 4.79 Å². The zero-order valence-electron chi connectivity index (χ0n) is 13.4. The lowest BCUT2D eigenvalue weighted by molar-refractivity contribution is -0.168. The number of rotatable bonds is 3. The van der Waals surface area contributed by atoms with Crippen LogP contribution in [-0.4, -0.2) is 78.3 Å². The van der Waals surface area contributed by atoms with Crippen molar-refractivity contribution in [1.29, 1.82) is 0 Å². The molecule has 2 aliphatic heterocycles. The second-order valence-corrected chi connectivity index (χ2v) is 8.25. The zero-order chi connectivity index (χ0) is 16.8. The molecule has 3 heterocycles. The quantitative estimate of drug-likeness (QED) is 0.717. The molecule has 1 amide bonds. The molecule has 3 rings (SSSR count). The molecule has 10 heteroatoms. The van der Waals surface area contributed by atoms with Gasteiger partial charge >= 0.3 is 0 Å². The molecule has 23 heavy (non-hydrogen) atoms. The highest BCUT2D eigenvalue weighted by atomic mass is 32.2. The monoisotopic (exact) mass is 344 g/mol. The fourth-order valence-electron chi connectivity index (χ4n) is 2.86. The molecule has 9 nitrogen and oxygen atoms in total. The van der Waals surface area contributed by atoms with E-state index in [0.717, 1.165) is 6.26 Å². The fourth-order valence-corrected chi connectivity index (χ4v) is 3.75. The SMILES string of the molecule is Cc1noc(C2CN(C(=O)[C@]3(C)CN(S(C)(=O)=O)CCO3)C2)n1. The van der Waals surface area contributed by atoms with Gasteiger partial charge in [-0.2, -0.15) is 9.29 Å². The number of sulfonamides is 1. The Morgan fingerprint density at radius 2 is 2.09 bits per heavy atom. The summed E-state index contributed by atoms with van der Waals surface area (Å²) in [6, 6.07) is 0. The molecule has 0 radical (unpaired) electrons. The molecular weight excluding hydrogens is 324 g/mol. The molecule has 1 atom stereocenters. The Morgan fingerprint density at radius 1 is 1.39 bits per heavy atom. The second-order valence-electron chi connectivity index (χ2n) is 6.26. The van der Waals surface area contributed by atoms with Gasteiger partial charge in [0.05, 0.1) is 25.3 Å². The molecule has 0 N–H and O–H groups in total. The summed E-state index contributed by atoms with van der Waals surface area (Å²) in [5.74, 6) is 0.909. The second kappa shape index (κ2) is 5.53. The first-order valence-corrected chi connectivity index (χ1v) is 9.22. The highest BCUT2D eigenvalue weighted by molar-refractivity contribution is 7.88. The topological polar surface area (TPSA) is 106 Å². The van der Waals surface area contributed by atoms with E-state index < -0.39 is 15.6 Å². The van der Waals surface area contributed by atoms with Crippen LogP contribution in [0, 0.1) is 6.92 Å². The number of amides is 1. The molecule has 0 aliphatic carbocycles. The van der Waals surface area contributed by atoms with Crippen molar-refractivity contribution >= 4 is 15.9 Å². The minimum atomic E-state index is -3.35. The summed E-state index contributed by atoms with van der Waals surface area (Å²) in [5, 5.41) is 3.74. The van der Waals surface area contributed by atoms with E-state index in [1.54, 1.807) is 18.7 Å². The molecule has 2 fully saturated rings. The number of hydrogen-bond acceptors (Lipinski definition) is 7. The Kier molecular flexibility index (Phi) is 3.93. The normalized spacial score (nSPS) is 27.0. The van der Waals surface area contributed by atoms with Gasteiger partial charge in [-0.1, -0.05) is 5.16 Å². The number of nitrogens with zero attached hydrogens (tertiary/aromatic N) is 4. The number of hydrogen-bond donors (Lipinski definition) is 0. The predicted molar refractivity (Wildman–Crippen MR) is 79.1 cm³/mol. The van der Waals surface area contributed by atoms with Crippen LogP contribution < -0.4 is 0 Å². The molecule has 2 saturated heterocycles. The van der Waals surface area contributed by atoms with Crippen LogP contribution >= 0.6 is 0 Å². The van der Waals surface area contributed by atoms with Crippen molar-refractivity contribution in [2.24, 2.45) is 0 Å². The van der Waals surface area contributed by atoms with Crippen LogP contribution in [0.3, 0.4) is 0 Å². The molecular formula is C13H20N4O5S. The number of aryl methyl sites for hydroxylation is 1. The molecule has 128 valence electrons. The first-order valence-electron chi connectivity index (χ1n) is 7.38. The summed E-state index contributed by atoms with van der Waals surface area (Å²) in [5.41, 5.74) is -1.16. The predicted octanol–water partition coefficient (Wildman–Crippen LogP) is -0.646. The number of likely N-dealkylation sites (tertiary alicyclic amines) is 1. The Balaban J connectivity index is 1.64. The van der Waals surface area contributed by atoms with Gasteiger partial charge in [0.25, 0.3) is 5.91 Å². The maximum Gasteiger partial charge on any atom is 0.255 e. The molecule has 2 aliphatic rings. The van der Waals surface area contributed by atoms with Gasteiger partial charge < -0.3 is 14.2 Å². The van der Waals surface area contributed by atoms with Gasteiger partial charge in [0.15, 0.2) is 11.4 Å². The lowest BCUT2D eigenvalue weighted by atomic mass is 9.95. The van der Waals surface area contributed by atoms with E-state index in [-0.39, 0.29) is 31.5 Å². The highest BCUT2D eigenvalue weighted by Crippen LogP contribution is 2.30. The summed E-state index contributed by atoms with van der Waals surface area (Å²) in [4.78, 5) is 18.5. The molecule has 0 unspecified atom stereocenters. The first-order chi connectivity index (χ1) is 10.7. The minimum Gasteiger partial charge on any atom is -0.363 e. The summed E-state index contributed by atoms with van der Waals surface area (Å²) in [6.07, 6.45) is 1.14. The van der Waals surface area contributed by atoms with E-state index in [9.17, 15) is 13.2 Å². The lowest BCUT2D eigenvalue weighted by Gasteiger charge is -2.45. The largest absolute Gasteiger partial charge is 0.363 e. The van der Waals surface area contributed by atoms with E-state index in [0.29, 0.717) is 24.8 Å². The Bertz CT molecular complexity index is 712. The minimum absolute atomic E-state index is 0.0263. The van der Waals surface area contributed by atoms with Gasteiger partial charge in [0, 0.05) is 19.6 Å². The first kappa shape index (κ1) is 16.3. The number of carbonyl (C=O) groups is 1. The fraction of sp³-hybridized carbons (Fsp3) is 0.769. The zero-order valence-corrected chi connectivity index (χ0v) is 14.2. The van der Waals surface area contributed by atoms with Gasteiger partial charge in [-0.05, 0) is 13.8 Å². The summed E-state index contributed by atoms with van der Waals surface area (Å²) in [7, 11) is -3.35. The van der Waals surface area contributed by atoms with Crippen LogP contribution in [0.2, 0.25) is 0 Å². The number of aromatic nitrogens is 2. The molecule has 0 spiro atoms. The van der Waals surface area contributed by atoms with Gasteiger partial charge in [0.2, 0.25) is 15.9 Å². The van der Waals surface area contributed by atoms with Crippen molar-refractivity contribution in [3.8, 4) is 0 Å². The van der Waals surface area contributed by atoms with Gasteiger partial charge in [0.1, 0.15) is 0 Å². The standard InChI is InChI=1S/C13H20N4O5S/c1-9-14-11(22-15-9)10-6-16(7-10)12(18)13(2)8-17(4-5-21-13)23(3,19)20/h10H,4-8H2,1-3H3/t13-/m0/s1. The van der Waals surface area contributed by atoms with Crippen molar-refractivity contribution in [1.82, 2.24) is 19.3 Å². The van der Waals surface area contributed by atoms with E-state index in [1.807, 2.05) is 0 Å². The third kappa shape index (κ3) is 3.10. The van der Waals surface area contributed by atoms with E-state index >= 15 is 0 Å². The highest BCUT2D eigenvalue weighted by Gasteiger charge is 2.47. The lowest BCUT2D eigenvalue weighted by Crippen LogP contribution is -2.63. The molecule has 0 saturated carbocycles. The van der Waals surface area contributed by atoms with Crippen molar-refractivity contribution in [2.75, 3.05) is 39.0 Å². The van der Waals surface area contributed by atoms with E-state index in [2.05, 4.69) is 10.1 Å². The molecule has 0 bridgehead atoms.